The molecule has 2 aromatic carbocycles. The van der Waals surface area contributed by atoms with Gasteiger partial charge in [-0.15, -0.1) is 0 Å². The van der Waals surface area contributed by atoms with Crippen molar-refractivity contribution in [1.29, 1.82) is 0 Å². The van der Waals surface area contributed by atoms with Crippen LogP contribution in [0.3, 0.4) is 0 Å². The van der Waals surface area contributed by atoms with E-state index in [4.69, 9.17) is 14.2 Å². The Labute approximate surface area is 202 Å². The highest BCUT2D eigenvalue weighted by molar-refractivity contribution is 7.89. The summed E-state index contributed by atoms with van der Waals surface area (Å²) in [6.45, 7) is 6.06. The number of nitrogens with zero attached hydrogens (tertiary/aromatic N) is 1. The van der Waals surface area contributed by atoms with Crippen molar-refractivity contribution < 1.29 is 27.4 Å². The number of rotatable bonds is 12. The summed E-state index contributed by atoms with van der Waals surface area (Å²) < 4.78 is 44.5. The number of para-hydroxylation sites is 2. The zero-order valence-corrected chi connectivity index (χ0v) is 20.7. The number of benzene rings is 2. The van der Waals surface area contributed by atoms with E-state index in [0.29, 0.717) is 62.3 Å². The summed E-state index contributed by atoms with van der Waals surface area (Å²) in [4.78, 5) is 12.8. The van der Waals surface area contributed by atoms with Gasteiger partial charge in [0, 0.05) is 19.5 Å². The highest BCUT2D eigenvalue weighted by Crippen LogP contribution is 2.31. The molecule has 1 heterocycles. The number of anilines is 1. The van der Waals surface area contributed by atoms with Crippen molar-refractivity contribution >= 4 is 21.6 Å². The maximum absolute atomic E-state index is 13.1. The van der Waals surface area contributed by atoms with E-state index < -0.39 is 10.0 Å². The number of carbonyl (C=O) groups is 1. The molecule has 0 bridgehead atoms. The van der Waals surface area contributed by atoms with E-state index >= 15 is 0 Å². The fourth-order valence-corrected chi connectivity index (χ4v) is 5.32. The molecule has 3 rings (SSSR count). The van der Waals surface area contributed by atoms with Gasteiger partial charge in [-0.2, -0.15) is 4.31 Å². The third-order valence-corrected chi connectivity index (χ3v) is 7.33. The molecule has 2 aromatic rings. The predicted molar refractivity (Wildman–Crippen MR) is 131 cm³/mol. The minimum Gasteiger partial charge on any atom is -0.492 e. The highest BCUT2D eigenvalue weighted by Gasteiger charge is 2.27. The summed E-state index contributed by atoms with van der Waals surface area (Å²) in [6.07, 6.45) is 3.46. The Kier molecular flexibility index (Phi) is 9.59. The SMILES string of the molecule is CCOc1ccc(S(=O)(=O)N2CCCCC2)cc1NC(=O)CCCOc1ccccc1OCC. The van der Waals surface area contributed by atoms with E-state index in [9.17, 15) is 13.2 Å². The second-order valence-electron chi connectivity index (χ2n) is 7.94. The molecule has 0 spiro atoms. The zero-order chi connectivity index (χ0) is 24.4. The van der Waals surface area contributed by atoms with Crippen molar-refractivity contribution in [3.63, 3.8) is 0 Å². The lowest BCUT2D eigenvalue weighted by molar-refractivity contribution is -0.116. The maximum Gasteiger partial charge on any atom is 0.243 e. The molecule has 0 aliphatic carbocycles. The minimum atomic E-state index is -3.62. The number of carbonyl (C=O) groups excluding carboxylic acids is 1. The van der Waals surface area contributed by atoms with E-state index in [0.717, 1.165) is 19.3 Å². The monoisotopic (exact) mass is 490 g/mol. The van der Waals surface area contributed by atoms with Crippen molar-refractivity contribution in [1.82, 2.24) is 4.31 Å². The van der Waals surface area contributed by atoms with Gasteiger partial charge in [-0.05, 0) is 63.4 Å². The maximum atomic E-state index is 13.1. The number of piperidine rings is 1. The van der Waals surface area contributed by atoms with Gasteiger partial charge < -0.3 is 19.5 Å². The van der Waals surface area contributed by atoms with Crippen LogP contribution in [0.5, 0.6) is 17.2 Å². The molecule has 0 saturated carbocycles. The van der Waals surface area contributed by atoms with Crippen LogP contribution in [0.25, 0.3) is 0 Å². The third kappa shape index (κ3) is 6.87. The quantitative estimate of drug-likeness (QED) is 0.442. The Morgan fingerprint density at radius 1 is 0.912 bits per heavy atom. The first-order valence-electron chi connectivity index (χ1n) is 11.9. The van der Waals surface area contributed by atoms with Gasteiger partial charge in [0.25, 0.3) is 0 Å². The van der Waals surface area contributed by atoms with E-state index in [1.165, 1.54) is 16.4 Å². The number of amides is 1. The van der Waals surface area contributed by atoms with Crippen LogP contribution in [-0.2, 0) is 14.8 Å². The summed E-state index contributed by atoms with van der Waals surface area (Å²) in [5, 5.41) is 2.81. The molecule has 1 aliphatic rings. The molecule has 1 aliphatic heterocycles. The molecule has 34 heavy (non-hydrogen) atoms. The first-order valence-corrected chi connectivity index (χ1v) is 13.3. The first kappa shape index (κ1) is 25.8. The van der Waals surface area contributed by atoms with Gasteiger partial charge >= 0.3 is 0 Å². The average Bonchev–Trinajstić information content (AvgIpc) is 2.84. The number of nitrogens with one attached hydrogen (secondary N) is 1. The van der Waals surface area contributed by atoms with Crippen LogP contribution in [0.4, 0.5) is 5.69 Å². The van der Waals surface area contributed by atoms with E-state index in [1.807, 2.05) is 38.1 Å². The summed E-state index contributed by atoms with van der Waals surface area (Å²) in [5.41, 5.74) is 0.354. The molecule has 0 atom stereocenters. The molecular weight excluding hydrogens is 456 g/mol. The summed E-state index contributed by atoms with van der Waals surface area (Å²) >= 11 is 0. The molecule has 186 valence electrons. The van der Waals surface area contributed by atoms with Crippen molar-refractivity contribution in [2.24, 2.45) is 0 Å². The number of hydrogen-bond donors (Lipinski definition) is 1. The summed E-state index contributed by atoms with van der Waals surface area (Å²) in [6, 6.07) is 12.0. The molecule has 0 radical (unpaired) electrons. The second-order valence-corrected chi connectivity index (χ2v) is 9.87. The predicted octanol–water partition coefficient (Wildman–Crippen LogP) is 4.46. The van der Waals surface area contributed by atoms with Gasteiger partial charge in [-0.1, -0.05) is 18.6 Å². The normalized spacial score (nSPS) is 14.4. The Morgan fingerprint density at radius 2 is 1.56 bits per heavy atom. The molecule has 0 aromatic heterocycles. The van der Waals surface area contributed by atoms with E-state index in [2.05, 4.69) is 5.32 Å². The van der Waals surface area contributed by atoms with Crippen molar-refractivity contribution in [2.75, 3.05) is 38.2 Å². The average molecular weight is 491 g/mol. The van der Waals surface area contributed by atoms with Crippen molar-refractivity contribution in [3.05, 3.63) is 42.5 Å². The second kappa shape index (κ2) is 12.6. The lowest BCUT2D eigenvalue weighted by Gasteiger charge is -2.26. The Hall–Kier alpha value is -2.78. The van der Waals surface area contributed by atoms with Crippen LogP contribution in [0.2, 0.25) is 0 Å². The molecule has 1 amide bonds. The summed E-state index contributed by atoms with van der Waals surface area (Å²) in [7, 11) is -3.62. The van der Waals surface area contributed by atoms with Gasteiger partial charge in [0.05, 0.1) is 30.4 Å². The lowest BCUT2D eigenvalue weighted by Crippen LogP contribution is -2.35. The van der Waals surface area contributed by atoms with Gasteiger partial charge in [-0.25, -0.2) is 8.42 Å². The molecular formula is C25H34N2O6S. The van der Waals surface area contributed by atoms with E-state index in [-0.39, 0.29) is 17.2 Å². The number of ether oxygens (including phenoxy) is 3. The molecule has 0 unspecified atom stereocenters. The fourth-order valence-electron chi connectivity index (χ4n) is 3.77. The number of hydrogen-bond acceptors (Lipinski definition) is 6. The first-order chi connectivity index (χ1) is 16.5. The lowest BCUT2D eigenvalue weighted by atomic mass is 10.2. The zero-order valence-electron chi connectivity index (χ0n) is 19.9. The van der Waals surface area contributed by atoms with Gasteiger partial charge in [0.1, 0.15) is 5.75 Å². The third-order valence-electron chi connectivity index (χ3n) is 5.43. The van der Waals surface area contributed by atoms with Crippen LogP contribution < -0.4 is 19.5 Å². The van der Waals surface area contributed by atoms with Gasteiger partial charge in [0.15, 0.2) is 11.5 Å². The van der Waals surface area contributed by atoms with Crippen molar-refractivity contribution in [3.8, 4) is 17.2 Å². The molecule has 8 nitrogen and oxygen atoms in total. The highest BCUT2D eigenvalue weighted by atomic mass is 32.2. The van der Waals surface area contributed by atoms with Crippen LogP contribution in [0.1, 0.15) is 46.0 Å². The largest absolute Gasteiger partial charge is 0.492 e. The topological polar surface area (TPSA) is 94.2 Å². The Bertz CT molecular complexity index is 1050. The Balaban J connectivity index is 1.62. The number of sulfonamides is 1. The Morgan fingerprint density at radius 3 is 2.24 bits per heavy atom. The van der Waals surface area contributed by atoms with Crippen LogP contribution >= 0.6 is 0 Å². The smallest absolute Gasteiger partial charge is 0.243 e. The molecule has 1 fully saturated rings. The van der Waals surface area contributed by atoms with Crippen molar-refractivity contribution in [2.45, 2.75) is 50.8 Å². The molecule has 9 heteroatoms. The van der Waals surface area contributed by atoms with Crippen LogP contribution in [-0.4, -0.2) is 51.5 Å². The minimum absolute atomic E-state index is 0.156. The van der Waals surface area contributed by atoms with Gasteiger partial charge in [0.2, 0.25) is 15.9 Å². The van der Waals surface area contributed by atoms with Gasteiger partial charge in [-0.3, -0.25) is 4.79 Å². The molecule has 1 saturated heterocycles. The summed E-state index contributed by atoms with van der Waals surface area (Å²) in [5.74, 6) is 1.51. The van der Waals surface area contributed by atoms with E-state index in [1.54, 1.807) is 6.07 Å². The standard InChI is InChI=1S/C25H34N2O6S/c1-3-31-22-15-14-20(34(29,30)27-16-8-5-9-17-27)19-21(22)26-25(28)13-10-18-33-24-12-7-6-11-23(24)32-4-2/h6-7,11-12,14-15,19H,3-5,8-10,13,16-18H2,1-2H3,(H,26,28). The fraction of sp³-hybridized carbons (Fsp3) is 0.480. The van der Waals surface area contributed by atoms with Crippen LogP contribution in [0.15, 0.2) is 47.4 Å². The van der Waals surface area contributed by atoms with Crippen LogP contribution in [0, 0.1) is 0 Å². The molecule has 1 N–H and O–H groups in total.